The highest BCUT2D eigenvalue weighted by molar-refractivity contribution is 6.32. The Morgan fingerprint density at radius 2 is 2.10 bits per heavy atom. The second kappa shape index (κ2) is 5.75. The van der Waals surface area contributed by atoms with Crippen molar-refractivity contribution in [3.8, 4) is 17.0 Å². The van der Waals surface area contributed by atoms with Crippen LogP contribution in [-0.4, -0.2) is 24.1 Å². The zero-order valence-electron chi connectivity index (χ0n) is 10.9. The first-order valence-corrected chi connectivity index (χ1v) is 6.11. The van der Waals surface area contributed by atoms with Crippen molar-refractivity contribution >= 4 is 23.1 Å². The maximum atomic E-state index is 11.1. The molecular formula is C13H12ClN3O3. The van der Waals surface area contributed by atoms with Crippen molar-refractivity contribution in [2.75, 3.05) is 19.5 Å². The summed E-state index contributed by atoms with van der Waals surface area (Å²) in [4.78, 5) is 14.9. The summed E-state index contributed by atoms with van der Waals surface area (Å²) in [6, 6.07) is 7.87. The summed E-state index contributed by atoms with van der Waals surface area (Å²) in [6.45, 7) is 0. The molecule has 0 aliphatic rings. The average molecular weight is 294 g/mol. The fourth-order valence-corrected chi connectivity index (χ4v) is 1.95. The number of benzene rings is 1. The third-order valence-corrected chi connectivity index (χ3v) is 3.06. The average Bonchev–Trinajstić information content (AvgIpc) is 2.47. The standard InChI is InChI=1S/C13H12ClN3O3/c1-15-12-6-5-10(17(18)19)13(16-12)8-3-4-9(14)11(7-8)20-2/h3-7H,1-2H3,(H,15,16). The molecule has 1 aromatic heterocycles. The highest BCUT2D eigenvalue weighted by atomic mass is 35.5. The van der Waals surface area contributed by atoms with Crippen molar-refractivity contribution in [2.45, 2.75) is 0 Å². The number of nitro groups is 1. The molecule has 1 aromatic carbocycles. The summed E-state index contributed by atoms with van der Waals surface area (Å²) >= 11 is 5.95. The van der Waals surface area contributed by atoms with Crippen LogP contribution in [-0.2, 0) is 0 Å². The number of hydrogen-bond acceptors (Lipinski definition) is 5. The van der Waals surface area contributed by atoms with E-state index in [4.69, 9.17) is 16.3 Å². The molecule has 0 atom stereocenters. The number of rotatable bonds is 4. The molecule has 0 spiro atoms. The molecule has 20 heavy (non-hydrogen) atoms. The van der Waals surface area contributed by atoms with Crippen molar-refractivity contribution < 1.29 is 9.66 Å². The highest BCUT2D eigenvalue weighted by Crippen LogP contribution is 2.34. The minimum absolute atomic E-state index is 0.0756. The lowest BCUT2D eigenvalue weighted by Crippen LogP contribution is -1.99. The molecule has 2 rings (SSSR count). The van der Waals surface area contributed by atoms with E-state index >= 15 is 0 Å². The fourth-order valence-electron chi connectivity index (χ4n) is 1.76. The first kappa shape index (κ1) is 14.1. The van der Waals surface area contributed by atoms with Crippen molar-refractivity contribution in [1.29, 1.82) is 0 Å². The van der Waals surface area contributed by atoms with Crippen molar-refractivity contribution in [3.05, 3.63) is 45.5 Å². The van der Waals surface area contributed by atoms with Gasteiger partial charge in [-0.25, -0.2) is 4.98 Å². The van der Waals surface area contributed by atoms with Gasteiger partial charge in [0.2, 0.25) is 0 Å². The Labute approximate surface area is 120 Å². The lowest BCUT2D eigenvalue weighted by molar-refractivity contribution is -0.384. The monoisotopic (exact) mass is 293 g/mol. The number of halogens is 1. The Hall–Kier alpha value is -2.34. The van der Waals surface area contributed by atoms with E-state index in [1.807, 2.05) is 0 Å². The van der Waals surface area contributed by atoms with E-state index in [-0.39, 0.29) is 11.4 Å². The molecular weight excluding hydrogens is 282 g/mol. The highest BCUT2D eigenvalue weighted by Gasteiger charge is 2.18. The van der Waals surface area contributed by atoms with Crippen LogP contribution < -0.4 is 10.1 Å². The number of methoxy groups -OCH3 is 1. The summed E-state index contributed by atoms with van der Waals surface area (Å²) < 4.78 is 5.12. The van der Waals surface area contributed by atoms with Gasteiger partial charge in [0, 0.05) is 18.7 Å². The van der Waals surface area contributed by atoms with Gasteiger partial charge in [-0.1, -0.05) is 17.7 Å². The van der Waals surface area contributed by atoms with Gasteiger partial charge in [0.15, 0.2) is 5.69 Å². The van der Waals surface area contributed by atoms with Crippen LogP contribution >= 0.6 is 11.6 Å². The topological polar surface area (TPSA) is 77.3 Å². The van der Waals surface area contributed by atoms with Gasteiger partial charge in [0.05, 0.1) is 17.1 Å². The summed E-state index contributed by atoms with van der Waals surface area (Å²) in [7, 11) is 3.18. The lowest BCUT2D eigenvalue weighted by atomic mass is 10.1. The number of nitrogens with one attached hydrogen (secondary N) is 1. The second-order valence-corrected chi connectivity index (χ2v) is 4.33. The first-order chi connectivity index (χ1) is 9.56. The minimum atomic E-state index is -0.469. The van der Waals surface area contributed by atoms with E-state index in [0.29, 0.717) is 22.2 Å². The molecule has 0 aliphatic carbocycles. The molecule has 0 aliphatic heterocycles. The van der Waals surface area contributed by atoms with E-state index in [0.717, 1.165) is 0 Å². The number of hydrogen-bond donors (Lipinski definition) is 1. The summed E-state index contributed by atoms with van der Waals surface area (Å²) in [6.07, 6.45) is 0. The molecule has 0 unspecified atom stereocenters. The molecule has 104 valence electrons. The van der Waals surface area contributed by atoms with E-state index in [9.17, 15) is 10.1 Å². The maximum Gasteiger partial charge on any atom is 0.295 e. The minimum Gasteiger partial charge on any atom is -0.495 e. The van der Waals surface area contributed by atoms with Crippen LogP contribution in [0.4, 0.5) is 11.5 Å². The largest absolute Gasteiger partial charge is 0.495 e. The SMILES string of the molecule is CNc1ccc([N+](=O)[O-])c(-c2ccc(Cl)c(OC)c2)n1. The predicted molar refractivity (Wildman–Crippen MR) is 77.4 cm³/mol. The number of anilines is 1. The molecule has 0 radical (unpaired) electrons. The Balaban J connectivity index is 2.63. The molecule has 2 aromatic rings. The van der Waals surface area contributed by atoms with Gasteiger partial charge in [-0.05, 0) is 18.2 Å². The zero-order chi connectivity index (χ0) is 14.7. The van der Waals surface area contributed by atoms with Crippen molar-refractivity contribution in [1.82, 2.24) is 4.98 Å². The molecule has 7 heteroatoms. The Morgan fingerprint density at radius 3 is 2.70 bits per heavy atom. The van der Waals surface area contributed by atoms with Crippen LogP contribution in [0.5, 0.6) is 5.75 Å². The Morgan fingerprint density at radius 1 is 1.35 bits per heavy atom. The van der Waals surface area contributed by atoms with Gasteiger partial charge in [-0.15, -0.1) is 0 Å². The second-order valence-electron chi connectivity index (χ2n) is 3.92. The van der Waals surface area contributed by atoms with Crippen LogP contribution in [0.15, 0.2) is 30.3 Å². The van der Waals surface area contributed by atoms with Gasteiger partial charge in [-0.2, -0.15) is 0 Å². The van der Waals surface area contributed by atoms with Gasteiger partial charge in [0.25, 0.3) is 5.69 Å². The number of nitrogens with zero attached hydrogens (tertiary/aromatic N) is 2. The van der Waals surface area contributed by atoms with Gasteiger partial charge in [-0.3, -0.25) is 10.1 Å². The third-order valence-electron chi connectivity index (χ3n) is 2.75. The molecule has 0 bridgehead atoms. The molecule has 6 nitrogen and oxygen atoms in total. The zero-order valence-corrected chi connectivity index (χ0v) is 11.6. The van der Waals surface area contributed by atoms with Gasteiger partial charge < -0.3 is 10.1 Å². The van der Waals surface area contributed by atoms with E-state index in [1.54, 1.807) is 31.3 Å². The van der Waals surface area contributed by atoms with Crippen LogP contribution in [0.25, 0.3) is 11.3 Å². The summed E-state index contributed by atoms with van der Waals surface area (Å²) in [5, 5.41) is 14.4. The molecule has 0 amide bonds. The third kappa shape index (κ3) is 2.65. The van der Waals surface area contributed by atoms with Gasteiger partial charge in [0.1, 0.15) is 11.6 Å². The lowest BCUT2D eigenvalue weighted by Gasteiger charge is -2.08. The first-order valence-electron chi connectivity index (χ1n) is 5.74. The normalized spacial score (nSPS) is 10.2. The quantitative estimate of drug-likeness (QED) is 0.691. The van der Waals surface area contributed by atoms with Crippen LogP contribution in [0.1, 0.15) is 0 Å². The number of pyridine rings is 1. The molecule has 0 saturated heterocycles. The van der Waals surface area contributed by atoms with Crippen LogP contribution in [0.2, 0.25) is 5.02 Å². The van der Waals surface area contributed by atoms with Crippen molar-refractivity contribution in [2.24, 2.45) is 0 Å². The Kier molecular flexibility index (Phi) is 4.05. The van der Waals surface area contributed by atoms with E-state index < -0.39 is 4.92 Å². The molecule has 1 N–H and O–H groups in total. The number of aromatic nitrogens is 1. The van der Waals surface area contributed by atoms with E-state index in [2.05, 4.69) is 10.3 Å². The van der Waals surface area contributed by atoms with Gasteiger partial charge >= 0.3 is 0 Å². The van der Waals surface area contributed by atoms with Crippen LogP contribution in [0, 0.1) is 10.1 Å². The van der Waals surface area contributed by atoms with E-state index in [1.165, 1.54) is 13.2 Å². The number of ether oxygens (including phenoxy) is 1. The Bertz CT molecular complexity index is 661. The molecule has 0 saturated carbocycles. The summed E-state index contributed by atoms with van der Waals surface area (Å²) in [5.41, 5.74) is 0.750. The smallest absolute Gasteiger partial charge is 0.295 e. The van der Waals surface area contributed by atoms with Crippen molar-refractivity contribution in [3.63, 3.8) is 0 Å². The molecule has 1 heterocycles. The van der Waals surface area contributed by atoms with Crippen LogP contribution in [0.3, 0.4) is 0 Å². The summed E-state index contributed by atoms with van der Waals surface area (Å²) in [5.74, 6) is 0.981. The predicted octanol–water partition coefficient (Wildman–Crippen LogP) is 3.36. The maximum absolute atomic E-state index is 11.1. The fraction of sp³-hybridized carbons (Fsp3) is 0.154. The molecule has 0 fully saturated rings.